The Morgan fingerprint density at radius 2 is 2.19 bits per heavy atom. The van der Waals surface area contributed by atoms with Crippen molar-refractivity contribution in [2.24, 2.45) is 0 Å². The topological polar surface area (TPSA) is 128 Å². The SMILES string of the molecule is [2H]C1([2H])C[C@@H](Oc2nc(NC3CCN(S(C)(=O)=O)CC3)ncc2C#N)[C@@](C)(O)C1. The van der Waals surface area contributed by atoms with Crippen molar-refractivity contribution in [1.29, 1.82) is 5.26 Å². The summed E-state index contributed by atoms with van der Waals surface area (Å²) in [5.41, 5.74) is -1.29. The van der Waals surface area contributed by atoms with Gasteiger partial charge < -0.3 is 15.2 Å². The molecule has 2 aliphatic rings. The maximum absolute atomic E-state index is 11.6. The van der Waals surface area contributed by atoms with Gasteiger partial charge in [0.2, 0.25) is 21.9 Å². The minimum absolute atomic E-state index is 0.0123. The third-order valence-electron chi connectivity index (χ3n) is 4.89. The molecule has 2 fully saturated rings. The summed E-state index contributed by atoms with van der Waals surface area (Å²) in [6.45, 7) is 2.30. The molecular weight excluding hydrogens is 370 g/mol. The first-order valence-corrected chi connectivity index (χ1v) is 10.6. The normalized spacial score (nSPS) is 30.2. The number of ether oxygens (including phenoxy) is 1. The Kier molecular flexibility index (Phi) is 4.82. The molecule has 1 saturated carbocycles. The van der Waals surface area contributed by atoms with Gasteiger partial charge in [0, 0.05) is 21.9 Å². The number of sulfonamides is 1. The van der Waals surface area contributed by atoms with E-state index in [0.717, 1.165) is 0 Å². The smallest absolute Gasteiger partial charge is 0.236 e. The summed E-state index contributed by atoms with van der Waals surface area (Å²) in [6, 6.07) is 1.91. The third-order valence-corrected chi connectivity index (χ3v) is 6.19. The fourth-order valence-electron chi connectivity index (χ4n) is 3.21. The van der Waals surface area contributed by atoms with Crippen LogP contribution in [0.5, 0.6) is 5.88 Å². The number of nitriles is 1. The number of anilines is 1. The number of aliphatic hydroxyl groups is 1. The molecule has 10 heteroatoms. The lowest BCUT2D eigenvalue weighted by molar-refractivity contribution is -0.0271. The first-order chi connectivity index (χ1) is 13.4. The lowest BCUT2D eigenvalue weighted by Gasteiger charge is -2.30. The molecule has 0 bridgehead atoms. The van der Waals surface area contributed by atoms with Crippen molar-refractivity contribution < 1.29 is 21.0 Å². The summed E-state index contributed by atoms with van der Waals surface area (Å²) < 4.78 is 46.2. The molecule has 0 aromatic carbocycles. The zero-order chi connectivity index (χ0) is 21.4. The highest BCUT2D eigenvalue weighted by atomic mass is 32.2. The number of nitrogens with zero attached hydrogens (tertiary/aromatic N) is 4. The van der Waals surface area contributed by atoms with Crippen LogP contribution in [0.1, 0.15) is 47.3 Å². The van der Waals surface area contributed by atoms with Crippen molar-refractivity contribution in [3.8, 4) is 11.9 Å². The Morgan fingerprint density at radius 3 is 2.74 bits per heavy atom. The van der Waals surface area contributed by atoms with Crippen LogP contribution in [0.25, 0.3) is 0 Å². The number of rotatable bonds is 5. The van der Waals surface area contributed by atoms with Crippen LogP contribution < -0.4 is 10.1 Å². The molecule has 1 aromatic heterocycles. The standard InChI is InChI=1S/C17H25N5O4S/c1-17(23)7-3-4-14(17)26-15-12(10-18)11-19-16(21-15)20-13-5-8-22(9-6-13)27(2,24)25/h11,13-14,23H,3-9H2,1-2H3,(H,19,20,21)/t14-,17+/m1/s1/i3D2. The van der Waals surface area contributed by atoms with E-state index in [9.17, 15) is 18.8 Å². The zero-order valence-corrected chi connectivity index (χ0v) is 16.2. The van der Waals surface area contributed by atoms with Gasteiger partial charge in [-0.15, -0.1) is 0 Å². The average Bonchev–Trinajstić information content (AvgIpc) is 2.81. The van der Waals surface area contributed by atoms with Crippen molar-refractivity contribution >= 4 is 16.0 Å². The zero-order valence-electron chi connectivity index (χ0n) is 17.3. The van der Waals surface area contributed by atoms with Gasteiger partial charge in [-0.1, -0.05) is 0 Å². The number of aromatic nitrogens is 2. The van der Waals surface area contributed by atoms with E-state index in [1.807, 2.05) is 6.07 Å². The molecule has 148 valence electrons. The highest BCUT2D eigenvalue weighted by Crippen LogP contribution is 2.33. The van der Waals surface area contributed by atoms with E-state index in [-0.39, 0.29) is 36.3 Å². The number of piperidine rings is 1. The van der Waals surface area contributed by atoms with Gasteiger partial charge >= 0.3 is 0 Å². The quantitative estimate of drug-likeness (QED) is 0.749. The second kappa shape index (κ2) is 7.58. The van der Waals surface area contributed by atoms with Gasteiger partial charge in [0.1, 0.15) is 17.7 Å². The number of nitrogens with one attached hydrogen (secondary N) is 1. The molecule has 2 N–H and O–H groups in total. The van der Waals surface area contributed by atoms with Crippen LogP contribution >= 0.6 is 0 Å². The molecule has 0 amide bonds. The van der Waals surface area contributed by atoms with Gasteiger partial charge in [0.25, 0.3) is 0 Å². The fourth-order valence-corrected chi connectivity index (χ4v) is 4.08. The van der Waals surface area contributed by atoms with Crippen molar-refractivity contribution in [3.63, 3.8) is 0 Å². The molecule has 1 aromatic rings. The van der Waals surface area contributed by atoms with Crippen LogP contribution in [-0.2, 0) is 10.0 Å². The molecule has 0 unspecified atom stereocenters. The minimum atomic E-state index is -3.21. The largest absolute Gasteiger partial charge is 0.470 e. The van der Waals surface area contributed by atoms with Crippen molar-refractivity contribution in [2.45, 2.75) is 56.7 Å². The second-order valence-electron chi connectivity index (χ2n) is 7.20. The summed E-state index contributed by atoms with van der Waals surface area (Å²) in [5, 5.41) is 22.9. The molecule has 0 spiro atoms. The van der Waals surface area contributed by atoms with Gasteiger partial charge in [0.05, 0.1) is 18.1 Å². The molecule has 1 saturated heterocycles. The van der Waals surface area contributed by atoms with E-state index >= 15 is 0 Å². The molecular formula is C17H25N5O4S. The Balaban J connectivity index is 1.71. The molecule has 0 radical (unpaired) electrons. The fraction of sp³-hybridized carbons (Fsp3) is 0.706. The summed E-state index contributed by atoms with van der Waals surface area (Å²) in [5.74, 6) is 0.221. The Labute approximate surface area is 162 Å². The van der Waals surface area contributed by atoms with Gasteiger partial charge in [-0.2, -0.15) is 10.2 Å². The third kappa shape index (κ3) is 4.66. The summed E-state index contributed by atoms with van der Waals surface area (Å²) in [4.78, 5) is 8.37. The molecule has 1 aliphatic heterocycles. The highest BCUT2D eigenvalue weighted by molar-refractivity contribution is 7.88. The van der Waals surface area contributed by atoms with E-state index in [2.05, 4.69) is 15.3 Å². The van der Waals surface area contributed by atoms with E-state index in [1.54, 1.807) is 0 Å². The van der Waals surface area contributed by atoms with E-state index in [1.165, 1.54) is 23.7 Å². The molecule has 3 rings (SSSR count). The van der Waals surface area contributed by atoms with Gasteiger partial charge in [0.15, 0.2) is 0 Å². The summed E-state index contributed by atoms with van der Waals surface area (Å²) in [7, 11) is -3.21. The minimum Gasteiger partial charge on any atom is -0.470 e. The molecule has 27 heavy (non-hydrogen) atoms. The lowest BCUT2D eigenvalue weighted by Crippen LogP contribution is -2.42. The average molecular weight is 397 g/mol. The molecule has 1 aliphatic carbocycles. The lowest BCUT2D eigenvalue weighted by atomic mass is 10.0. The van der Waals surface area contributed by atoms with Crippen molar-refractivity contribution in [1.82, 2.24) is 14.3 Å². The van der Waals surface area contributed by atoms with Gasteiger partial charge in [-0.3, -0.25) is 0 Å². The predicted octanol–water partition coefficient (Wildman–Crippen LogP) is 0.866. The molecule has 2 atom stereocenters. The summed E-state index contributed by atoms with van der Waals surface area (Å²) >= 11 is 0. The van der Waals surface area contributed by atoms with Crippen LogP contribution in [-0.4, -0.2) is 64.9 Å². The molecule has 9 nitrogen and oxygen atoms in total. The first-order valence-electron chi connectivity index (χ1n) is 9.77. The highest BCUT2D eigenvalue weighted by Gasteiger charge is 2.39. The van der Waals surface area contributed by atoms with Crippen LogP contribution in [0.3, 0.4) is 0 Å². The maximum Gasteiger partial charge on any atom is 0.236 e. The Morgan fingerprint density at radius 1 is 1.48 bits per heavy atom. The van der Waals surface area contributed by atoms with E-state index < -0.39 is 28.1 Å². The Bertz CT molecular complexity index is 911. The van der Waals surface area contributed by atoms with Crippen molar-refractivity contribution in [3.05, 3.63) is 11.8 Å². The monoisotopic (exact) mass is 397 g/mol. The van der Waals surface area contributed by atoms with Crippen molar-refractivity contribution in [2.75, 3.05) is 24.7 Å². The predicted molar refractivity (Wildman–Crippen MR) is 98.7 cm³/mol. The van der Waals surface area contributed by atoms with E-state index in [4.69, 9.17) is 7.48 Å². The molecule has 2 heterocycles. The summed E-state index contributed by atoms with van der Waals surface area (Å²) in [6.07, 6.45) is 1.19. The maximum atomic E-state index is 11.6. The second-order valence-corrected chi connectivity index (χ2v) is 9.18. The van der Waals surface area contributed by atoms with Crippen LogP contribution in [0.15, 0.2) is 6.20 Å². The van der Waals surface area contributed by atoms with E-state index in [0.29, 0.717) is 25.9 Å². The van der Waals surface area contributed by atoms with Crippen LogP contribution in [0, 0.1) is 11.3 Å². The number of hydrogen-bond acceptors (Lipinski definition) is 8. The van der Waals surface area contributed by atoms with Crippen LogP contribution in [0.4, 0.5) is 5.95 Å². The van der Waals surface area contributed by atoms with Gasteiger partial charge in [-0.25, -0.2) is 17.7 Å². The number of hydrogen-bond donors (Lipinski definition) is 2. The van der Waals surface area contributed by atoms with Crippen LogP contribution in [0.2, 0.25) is 0 Å². The first kappa shape index (κ1) is 17.2. The Hall–Kier alpha value is -1.96. The van der Waals surface area contributed by atoms with Gasteiger partial charge in [-0.05, 0) is 39.0 Å².